The van der Waals surface area contributed by atoms with Gasteiger partial charge in [-0.3, -0.25) is 14.6 Å². The highest BCUT2D eigenvalue weighted by Gasteiger charge is 2.42. The number of anilines is 1. The van der Waals surface area contributed by atoms with Crippen molar-refractivity contribution in [2.75, 3.05) is 39.7 Å². The Labute approximate surface area is 212 Å². The number of rotatable bonds is 10. The average molecular weight is 518 g/mol. The number of alkyl halides is 3. The van der Waals surface area contributed by atoms with E-state index in [1.165, 1.54) is 27.4 Å². The van der Waals surface area contributed by atoms with Crippen LogP contribution in [0.3, 0.4) is 0 Å². The van der Waals surface area contributed by atoms with Gasteiger partial charge in [-0.15, -0.1) is 0 Å². The second-order valence-electron chi connectivity index (χ2n) is 7.84. The molecule has 0 aliphatic heterocycles. The van der Waals surface area contributed by atoms with Gasteiger partial charge in [-0.25, -0.2) is 0 Å². The number of methoxy groups -OCH3 is 3. The number of carbonyl (C=O) groups excluding carboxylic acids is 2. The molecule has 2 amide bonds. The molecule has 0 saturated carbocycles. The minimum atomic E-state index is -5.15. The Bertz CT molecular complexity index is 1240. The van der Waals surface area contributed by atoms with Crippen LogP contribution in [0.5, 0.6) is 17.2 Å². The van der Waals surface area contributed by atoms with Crippen LogP contribution in [0.25, 0.3) is 11.3 Å². The molecule has 0 saturated heterocycles. The fourth-order valence-electron chi connectivity index (χ4n) is 3.59. The van der Waals surface area contributed by atoms with Crippen LogP contribution < -0.4 is 19.5 Å². The number of halogens is 3. The van der Waals surface area contributed by atoms with Gasteiger partial charge in [0.2, 0.25) is 5.91 Å². The molecule has 0 aliphatic rings. The summed E-state index contributed by atoms with van der Waals surface area (Å²) >= 11 is 0. The zero-order valence-electron chi connectivity index (χ0n) is 20.5. The second-order valence-corrected chi connectivity index (χ2v) is 7.84. The van der Waals surface area contributed by atoms with Crippen LogP contribution in [0.4, 0.5) is 18.9 Å². The highest BCUT2D eigenvalue weighted by atomic mass is 19.4. The number of ether oxygens (including phenoxy) is 3. The number of amides is 2. The van der Waals surface area contributed by atoms with Gasteiger partial charge in [0.25, 0.3) is 0 Å². The predicted molar refractivity (Wildman–Crippen MR) is 131 cm³/mol. The Hall–Kier alpha value is -4.28. The molecule has 1 aromatic heterocycles. The lowest BCUT2D eigenvalue weighted by molar-refractivity contribution is -0.185. The summed E-state index contributed by atoms with van der Waals surface area (Å²) in [6.45, 7) is -1.17. The molecule has 0 atom stereocenters. The van der Waals surface area contributed by atoms with E-state index in [0.29, 0.717) is 39.0 Å². The zero-order chi connectivity index (χ0) is 27.0. The summed E-state index contributed by atoms with van der Waals surface area (Å²) < 4.78 is 55.5. The van der Waals surface area contributed by atoms with E-state index in [9.17, 15) is 22.8 Å². The Morgan fingerprint density at radius 3 is 2.32 bits per heavy atom. The molecule has 3 aromatic rings. The molecule has 3 rings (SSSR count). The normalized spacial score (nSPS) is 11.0. The van der Waals surface area contributed by atoms with Crippen molar-refractivity contribution in [2.24, 2.45) is 0 Å². The number of carbonyl (C=O) groups is 2. The summed E-state index contributed by atoms with van der Waals surface area (Å²) in [5.74, 6) is -1.65. The standard InChI is InChI=1S/C26H26F3N3O5/c1-35-18-8-9-19(20-6-4-5-12-30-20)21(15-18)31-24(33)16-32(25(34)26(27,28)29)13-11-17-7-10-22(36-2)23(14-17)37-3/h4-10,12,14-15H,11,13,16H2,1-3H3,(H,31,33). The minimum absolute atomic E-state index is 0.0494. The Balaban J connectivity index is 1.81. The van der Waals surface area contributed by atoms with Crippen molar-refractivity contribution in [1.82, 2.24) is 9.88 Å². The number of nitrogens with zero attached hydrogens (tertiary/aromatic N) is 2. The summed E-state index contributed by atoms with van der Waals surface area (Å²) in [6, 6.07) is 14.9. The first kappa shape index (κ1) is 27.3. The maximum atomic E-state index is 13.3. The molecule has 1 heterocycles. The van der Waals surface area contributed by atoms with Gasteiger partial charge in [-0.1, -0.05) is 12.1 Å². The van der Waals surface area contributed by atoms with Gasteiger partial charge < -0.3 is 24.4 Å². The van der Waals surface area contributed by atoms with Crippen molar-refractivity contribution in [3.05, 3.63) is 66.4 Å². The summed E-state index contributed by atoms with van der Waals surface area (Å²) in [6.07, 6.45) is -3.52. The number of aromatic nitrogens is 1. The largest absolute Gasteiger partial charge is 0.497 e. The van der Waals surface area contributed by atoms with Gasteiger partial charge in [0.15, 0.2) is 11.5 Å². The Morgan fingerprint density at radius 2 is 1.70 bits per heavy atom. The average Bonchev–Trinajstić information content (AvgIpc) is 2.90. The number of hydrogen-bond donors (Lipinski definition) is 1. The second kappa shape index (κ2) is 12.1. The lowest BCUT2D eigenvalue weighted by atomic mass is 10.1. The Morgan fingerprint density at radius 1 is 0.946 bits per heavy atom. The molecular weight excluding hydrogens is 491 g/mol. The predicted octanol–water partition coefficient (Wildman–Crippen LogP) is 4.35. The van der Waals surface area contributed by atoms with E-state index in [1.807, 2.05) is 0 Å². The third kappa shape index (κ3) is 7.12. The molecule has 1 N–H and O–H groups in total. The highest BCUT2D eigenvalue weighted by molar-refractivity contribution is 5.98. The van der Waals surface area contributed by atoms with Gasteiger partial charge in [-0.2, -0.15) is 13.2 Å². The number of hydrogen-bond acceptors (Lipinski definition) is 6. The van der Waals surface area contributed by atoms with Crippen LogP contribution in [-0.2, 0) is 16.0 Å². The van der Waals surface area contributed by atoms with Crippen LogP contribution in [0.15, 0.2) is 60.8 Å². The third-order valence-electron chi connectivity index (χ3n) is 5.42. The van der Waals surface area contributed by atoms with E-state index in [-0.39, 0.29) is 18.7 Å². The molecule has 0 spiro atoms. The maximum Gasteiger partial charge on any atom is 0.471 e. The highest BCUT2D eigenvalue weighted by Crippen LogP contribution is 2.31. The van der Waals surface area contributed by atoms with Gasteiger partial charge in [0.05, 0.1) is 32.7 Å². The van der Waals surface area contributed by atoms with Crippen LogP contribution in [0, 0.1) is 0 Å². The molecule has 2 aromatic carbocycles. The van der Waals surface area contributed by atoms with E-state index in [1.54, 1.807) is 54.7 Å². The fraction of sp³-hybridized carbons (Fsp3) is 0.269. The molecule has 8 nitrogen and oxygen atoms in total. The van der Waals surface area contributed by atoms with Crippen LogP contribution in [0.1, 0.15) is 5.56 Å². The van der Waals surface area contributed by atoms with Crippen LogP contribution in [0.2, 0.25) is 0 Å². The number of nitrogens with one attached hydrogen (secondary N) is 1. The first-order chi connectivity index (χ1) is 17.7. The molecular formula is C26H26F3N3O5. The molecule has 0 bridgehead atoms. The van der Waals surface area contributed by atoms with E-state index in [4.69, 9.17) is 14.2 Å². The first-order valence-electron chi connectivity index (χ1n) is 11.1. The number of benzene rings is 2. The topological polar surface area (TPSA) is 90.0 Å². The van der Waals surface area contributed by atoms with E-state index < -0.39 is 24.5 Å². The van der Waals surface area contributed by atoms with Crippen LogP contribution >= 0.6 is 0 Å². The molecule has 0 aliphatic carbocycles. The molecule has 0 unspecified atom stereocenters. The molecule has 196 valence electrons. The summed E-state index contributed by atoms with van der Waals surface area (Å²) in [7, 11) is 4.34. The van der Waals surface area contributed by atoms with Crippen molar-refractivity contribution in [1.29, 1.82) is 0 Å². The van der Waals surface area contributed by atoms with E-state index >= 15 is 0 Å². The van der Waals surface area contributed by atoms with Gasteiger partial charge in [0, 0.05) is 24.4 Å². The Kier molecular flexibility index (Phi) is 8.94. The smallest absolute Gasteiger partial charge is 0.471 e. The molecule has 0 radical (unpaired) electrons. The summed E-state index contributed by atoms with van der Waals surface area (Å²) in [5.41, 5.74) is 1.96. The van der Waals surface area contributed by atoms with Gasteiger partial charge in [0.1, 0.15) is 12.3 Å². The lowest BCUT2D eigenvalue weighted by Crippen LogP contribution is -2.45. The minimum Gasteiger partial charge on any atom is -0.497 e. The van der Waals surface area contributed by atoms with Crippen LogP contribution in [-0.4, -0.2) is 62.3 Å². The van der Waals surface area contributed by atoms with Crippen molar-refractivity contribution in [2.45, 2.75) is 12.6 Å². The SMILES string of the molecule is COc1ccc(-c2ccccn2)c(NC(=O)CN(CCc2ccc(OC)c(OC)c2)C(=O)C(F)(F)F)c1. The summed E-state index contributed by atoms with van der Waals surface area (Å²) in [4.78, 5) is 29.7. The quantitative estimate of drug-likeness (QED) is 0.430. The monoisotopic (exact) mass is 517 g/mol. The molecule has 37 heavy (non-hydrogen) atoms. The van der Waals surface area contributed by atoms with Crippen molar-refractivity contribution in [3.8, 4) is 28.5 Å². The van der Waals surface area contributed by atoms with Gasteiger partial charge in [-0.05, 0) is 48.4 Å². The lowest BCUT2D eigenvalue weighted by Gasteiger charge is -2.24. The fourth-order valence-corrected chi connectivity index (χ4v) is 3.59. The number of pyridine rings is 1. The van der Waals surface area contributed by atoms with Crippen molar-refractivity contribution < 1.29 is 37.0 Å². The van der Waals surface area contributed by atoms with Gasteiger partial charge >= 0.3 is 12.1 Å². The van der Waals surface area contributed by atoms with Crippen molar-refractivity contribution >= 4 is 17.5 Å². The summed E-state index contributed by atoms with van der Waals surface area (Å²) in [5, 5.41) is 2.60. The zero-order valence-corrected chi connectivity index (χ0v) is 20.5. The van der Waals surface area contributed by atoms with E-state index in [2.05, 4.69) is 10.3 Å². The maximum absolute atomic E-state index is 13.3. The molecule has 0 fully saturated rings. The van der Waals surface area contributed by atoms with Crippen molar-refractivity contribution in [3.63, 3.8) is 0 Å². The van der Waals surface area contributed by atoms with E-state index in [0.717, 1.165) is 0 Å². The first-order valence-corrected chi connectivity index (χ1v) is 11.1. The molecule has 11 heteroatoms. The third-order valence-corrected chi connectivity index (χ3v) is 5.42.